The molecule has 1 rings (SSSR count). The first-order chi connectivity index (χ1) is 6.24. The maximum Gasteiger partial charge on any atom is 0.177 e. The molecule has 0 fully saturated rings. The van der Waals surface area contributed by atoms with E-state index < -0.39 is 0 Å². The second-order valence-corrected chi connectivity index (χ2v) is 2.77. The van der Waals surface area contributed by atoms with Gasteiger partial charge in [0.2, 0.25) is 0 Å². The highest BCUT2D eigenvalue weighted by atomic mass is 16.4. The second-order valence-electron chi connectivity index (χ2n) is 2.77. The topological polar surface area (TPSA) is 49.7 Å². The van der Waals surface area contributed by atoms with Crippen molar-refractivity contribution in [3.05, 3.63) is 35.9 Å². The lowest BCUT2D eigenvalue weighted by atomic mass is 10.1. The molecule has 3 heteroatoms. The van der Waals surface area contributed by atoms with E-state index in [-0.39, 0.29) is 11.5 Å². The highest BCUT2D eigenvalue weighted by Crippen LogP contribution is 2.01. The summed E-state index contributed by atoms with van der Waals surface area (Å²) in [6, 6.07) is 9.42. The van der Waals surface area contributed by atoms with Crippen LogP contribution in [0.5, 0.6) is 0 Å². The third-order valence-corrected chi connectivity index (χ3v) is 1.74. The Morgan fingerprint density at radius 3 is 2.46 bits per heavy atom. The number of oxime groups is 1. The fourth-order valence-corrected chi connectivity index (χ4v) is 1.02. The Hall–Kier alpha value is -1.64. The molecule has 0 amide bonds. The van der Waals surface area contributed by atoms with Crippen molar-refractivity contribution in [3.63, 3.8) is 0 Å². The molecule has 0 aliphatic carbocycles. The monoisotopic (exact) mass is 177 g/mol. The van der Waals surface area contributed by atoms with Crippen LogP contribution < -0.4 is 0 Å². The van der Waals surface area contributed by atoms with Crippen molar-refractivity contribution in [2.45, 2.75) is 13.3 Å². The van der Waals surface area contributed by atoms with Crippen LogP contribution in [-0.4, -0.2) is 16.7 Å². The molecule has 0 saturated heterocycles. The molecule has 1 N–H and O–H groups in total. The normalized spacial score (nSPS) is 11.3. The van der Waals surface area contributed by atoms with Crippen LogP contribution >= 0.6 is 0 Å². The third kappa shape index (κ3) is 2.71. The van der Waals surface area contributed by atoms with Crippen LogP contribution in [0.2, 0.25) is 0 Å². The summed E-state index contributed by atoms with van der Waals surface area (Å²) in [6.07, 6.45) is 0.382. The fraction of sp³-hybridized carbons (Fsp3) is 0.200. The molecule has 1 aromatic carbocycles. The van der Waals surface area contributed by atoms with Gasteiger partial charge in [-0.3, -0.25) is 4.79 Å². The van der Waals surface area contributed by atoms with E-state index >= 15 is 0 Å². The highest BCUT2D eigenvalue weighted by molar-refractivity contribution is 6.39. The van der Waals surface area contributed by atoms with Crippen LogP contribution in [0.3, 0.4) is 0 Å². The van der Waals surface area contributed by atoms with Crippen LogP contribution in [0.25, 0.3) is 0 Å². The fourth-order valence-electron chi connectivity index (χ4n) is 1.02. The maximum atomic E-state index is 10.9. The molecule has 0 spiro atoms. The van der Waals surface area contributed by atoms with E-state index in [1.165, 1.54) is 6.92 Å². The van der Waals surface area contributed by atoms with Crippen molar-refractivity contribution in [1.29, 1.82) is 0 Å². The van der Waals surface area contributed by atoms with Crippen molar-refractivity contribution in [2.24, 2.45) is 5.16 Å². The molecule has 0 radical (unpaired) electrons. The summed E-state index contributed by atoms with van der Waals surface area (Å²) in [5.41, 5.74) is 1.15. The van der Waals surface area contributed by atoms with E-state index in [1.54, 1.807) is 0 Å². The van der Waals surface area contributed by atoms with Gasteiger partial charge in [0.1, 0.15) is 5.71 Å². The molecule has 0 aliphatic heterocycles. The van der Waals surface area contributed by atoms with Crippen LogP contribution in [-0.2, 0) is 11.2 Å². The molecule has 68 valence electrons. The SMILES string of the molecule is CC(=O)/C(Cc1ccccc1)=N\O. The number of Topliss-reactive ketones (excluding diaryl/α,β-unsaturated/α-hetero) is 1. The predicted octanol–water partition coefficient (Wildman–Crippen LogP) is 1.65. The van der Waals surface area contributed by atoms with Crippen LogP contribution in [0, 0.1) is 0 Å². The minimum Gasteiger partial charge on any atom is -0.411 e. The minimum atomic E-state index is -0.202. The van der Waals surface area contributed by atoms with E-state index in [9.17, 15) is 4.79 Å². The first-order valence-electron chi connectivity index (χ1n) is 4.00. The Morgan fingerprint density at radius 1 is 1.38 bits per heavy atom. The number of nitrogens with zero attached hydrogens (tertiary/aromatic N) is 1. The average Bonchev–Trinajstić information content (AvgIpc) is 2.15. The maximum absolute atomic E-state index is 10.9. The van der Waals surface area contributed by atoms with Gasteiger partial charge in [0, 0.05) is 13.3 Å². The van der Waals surface area contributed by atoms with E-state index in [2.05, 4.69) is 5.16 Å². The van der Waals surface area contributed by atoms with Gasteiger partial charge in [-0.25, -0.2) is 0 Å². The number of rotatable bonds is 3. The Labute approximate surface area is 76.7 Å². The summed E-state index contributed by atoms with van der Waals surface area (Å²) in [4.78, 5) is 10.9. The first-order valence-corrected chi connectivity index (χ1v) is 4.00. The number of hydrogen-bond donors (Lipinski definition) is 1. The molecule has 0 aliphatic rings. The van der Waals surface area contributed by atoms with E-state index in [0.717, 1.165) is 5.56 Å². The Balaban J connectivity index is 2.74. The summed E-state index contributed by atoms with van der Waals surface area (Å²) < 4.78 is 0. The zero-order chi connectivity index (χ0) is 9.68. The van der Waals surface area contributed by atoms with E-state index in [0.29, 0.717) is 6.42 Å². The van der Waals surface area contributed by atoms with Crippen molar-refractivity contribution in [3.8, 4) is 0 Å². The van der Waals surface area contributed by atoms with Gasteiger partial charge >= 0.3 is 0 Å². The summed E-state index contributed by atoms with van der Waals surface area (Å²) in [7, 11) is 0. The lowest BCUT2D eigenvalue weighted by Crippen LogP contribution is -2.13. The van der Waals surface area contributed by atoms with Gasteiger partial charge in [-0.05, 0) is 5.56 Å². The lowest BCUT2D eigenvalue weighted by molar-refractivity contribution is -0.111. The van der Waals surface area contributed by atoms with Gasteiger partial charge in [-0.15, -0.1) is 0 Å². The van der Waals surface area contributed by atoms with Gasteiger partial charge in [-0.2, -0.15) is 0 Å². The Kier molecular flexibility index (Phi) is 3.20. The Morgan fingerprint density at radius 2 is 2.00 bits per heavy atom. The van der Waals surface area contributed by atoms with Crippen LogP contribution in [0.15, 0.2) is 35.5 Å². The number of ketones is 1. The smallest absolute Gasteiger partial charge is 0.177 e. The second kappa shape index (κ2) is 4.40. The highest BCUT2D eigenvalue weighted by Gasteiger charge is 2.06. The summed E-state index contributed by atoms with van der Waals surface area (Å²) >= 11 is 0. The lowest BCUT2D eigenvalue weighted by Gasteiger charge is -1.99. The molecule has 0 saturated carbocycles. The molecule has 0 atom stereocenters. The zero-order valence-electron chi connectivity index (χ0n) is 7.40. The average molecular weight is 177 g/mol. The molecule has 13 heavy (non-hydrogen) atoms. The number of benzene rings is 1. The molecule has 1 aromatic rings. The third-order valence-electron chi connectivity index (χ3n) is 1.74. The van der Waals surface area contributed by atoms with Gasteiger partial charge in [-0.1, -0.05) is 35.5 Å². The summed E-state index contributed by atoms with van der Waals surface area (Å²) in [5, 5.41) is 11.5. The van der Waals surface area contributed by atoms with Crippen LogP contribution in [0.1, 0.15) is 12.5 Å². The number of carbonyl (C=O) groups is 1. The largest absolute Gasteiger partial charge is 0.411 e. The van der Waals surface area contributed by atoms with E-state index in [1.807, 2.05) is 30.3 Å². The van der Waals surface area contributed by atoms with Gasteiger partial charge in [0.05, 0.1) is 0 Å². The molecular weight excluding hydrogens is 166 g/mol. The molecule has 0 bridgehead atoms. The molecule has 3 nitrogen and oxygen atoms in total. The predicted molar refractivity (Wildman–Crippen MR) is 50.0 cm³/mol. The zero-order valence-corrected chi connectivity index (χ0v) is 7.40. The van der Waals surface area contributed by atoms with Crippen LogP contribution in [0.4, 0.5) is 0 Å². The van der Waals surface area contributed by atoms with Crippen molar-refractivity contribution >= 4 is 11.5 Å². The van der Waals surface area contributed by atoms with Gasteiger partial charge in [0.15, 0.2) is 5.78 Å². The van der Waals surface area contributed by atoms with Crippen molar-refractivity contribution in [1.82, 2.24) is 0 Å². The Bertz CT molecular complexity index is 317. The molecule has 0 unspecified atom stereocenters. The number of hydrogen-bond acceptors (Lipinski definition) is 3. The minimum absolute atomic E-state index is 0.186. The standard InChI is InChI=1S/C10H11NO2/c1-8(12)10(11-13)7-9-5-3-2-4-6-9/h2-6,13H,7H2,1H3/b11-10-. The van der Waals surface area contributed by atoms with Gasteiger partial charge in [0.25, 0.3) is 0 Å². The van der Waals surface area contributed by atoms with Crippen molar-refractivity contribution in [2.75, 3.05) is 0 Å². The van der Waals surface area contributed by atoms with E-state index in [4.69, 9.17) is 5.21 Å². The molecule has 0 heterocycles. The quantitative estimate of drug-likeness (QED) is 0.433. The van der Waals surface area contributed by atoms with Gasteiger partial charge < -0.3 is 5.21 Å². The van der Waals surface area contributed by atoms with Crippen molar-refractivity contribution < 1.29 is 10.0 Å². The first kappa shape index (κ1) is 9.45. The molecule has 0 aromatic heterocycles. The molecular formula is C10H11NO2. The summed E-state index contributed by atoms with van der Waals surface area (Å²) in [6.45, 7) is 1.39. The summed E-state index contributed by atoms with van der Waals surface area (Å²) in [5.74, 6) is -0.202. The number of carbonyl (C=O) groups excluding carboxylic acids is 1.